The van der Waals surface area contributed by atoms with Crippen LogP contribution in [0.15, 0.2) is 18.2 Å². The molecule has 2 aromatic rings. The van der Waals surface area contributed by atoms with E-state index in [-0.39, 0.29) is 5.91 Å². The predicted octanol–water partition coefficient (Wildman–Crippen LogP) is 1.20. The Balaban J connectivity index is 2.04. The highest BCUT2D eigenvalue weighted by atomic mass is 16.2. The number of amides is 1. The number of hydrogen-bond acceptors (Lipinski definition) is 4. The zero-order valence-corrected chi connectivity index (χ0v) is 12.0. The van der Waals surface area contributed by atoms with Crippen LogP contribution in [0.25, 0.3) is 11.0 Å². The van der Waals surface area contributed by atoms with Crippen LogP contribution in [0.3, 0.4) is 0 Å². The molecule has 2 heterocycles. The van der Waals surface area contributed by atoms with E-state index in [1.807, 2.05) is 44.0 Å². The van der Waals surface area contributed by atoms with E-state index in [0.29, 0.717) is 12.2 Å². The van der Waals surface area contributed by atoms with Gasteiger partial charge in [-0.05, 0) is 32.0 Å². The van der Waals surface area contributed by atoms with Crippen molar-refractivity contribution in [1.29, 1.82) is 0 Å². The second-order valence-corrected chi connectivity index (χ2v) is 5.77. The molecule has 1 amide bonds. The lowest BCUT2D eigenvalue weighted by Crippen LogP contribution is -2.62. The number of aromatic nitrogens is 2. The number of fused-ring (bicyclic) bond motifs is 1. The van der Waals surface area contributed by atoms with E-state index in [4.69, 9.17) is 5.73 Å². The van der Waals surface area contributed by atoms with Crippen molar-refractivity contribution in [3.63, 3.8) is 0 Å². The summed E-state index contributed by atoms with van der Waals surface area (Å²) >= 11 is 0. The molecule has 0 unspecified atom stereocenters. The molecular weight excluding hydrogens is 254 g/mol. The summed E-state index contributed by atoms with van der Waals surface area (Å²) in [6.45, 7) is 5.30. The van der Waals surface area contributed by atoms with Crippen LogP contribution >= 0.6 is 0 Å². The first-order valence-electron chi connectivity index (χ1n) is 6.68. The van der Waals surface area contributed by atoms with E-state index in [9.17, 15) is 4.79 Å². The first-order valence-corrected chi connectivity index (χ1v) is 6.68. The van der Waals surface area contributed by atoms with Crippen molar-refractivity contribution in [2.24, 2.45) is 0 Å². The molecular formula is C14H19N5O. The Morgan fingerprint density at radius 2 is 2.10 bits per heavy atom. The maximum atomic E-state index is 12.3. The minimum Gasteiger partial charge on any atom is -0.399 e. The molecule has 1 aromatic heterocycles. The van der Waals surface area contributed by atoms with E-state index in [1.165, 1.54) is 0 Å². The van der Waals surface area contributed by atoms with Crippen LogP contribution in [0.1, 0.15) is 13.8 Å². The molecule has 1 aliphatic heterocycles. The summed E-state index contributed by atoms with van der Waals surface area (Å²) in [7, 11) is 1.83. The average molecular weight is 273 g/mol. The summed E-state index contributed by atoms with van der Waals surface area (Å²) in [4.78, 5) is 23.9. The molecule has 0 atom stereocenters. The third kappa shape index (κ3) is 1.79. The SMILES string of the molecule is CN1CCN(c2nc3ccc(N)cc3[nH]2)C(C)(C)C1=O. The number of nitrogens with two attached hydrogens (primary N) is 1. The minimum absolute atomic E-state index is 0.101. The number of nitrogen functional groups attached to an aromatic ring is 1. The van der Waals surface area contributed by atoms with Gasteiger partial charge in [0.1, 0.15) is 5.54 Å². The van der Waals surface area contributed by atoms with Crippen molar-refractivity contribution >= 4 is 28.6 Å². The van der Waals surface area contributed by atoms with Crippen molar-refractivity contribution in [2.45, 2.75) is 19.4 Å². The Labute approximate surface area is 117 Å². The number of anilines is 2. The van der Waals surface area contributed by atoms with E-state index in [1.54, 1.807) is 4.90 Å². The summed E-state index contributed by atoms with van der Waals surface area (Å²) in [6, 6.07) is 5.57. The van der Waals surface area contributed by atoms with Gasteiger partial charge in [0.05, 0.1) is 11.0 Å². The number of nitrogens with zero attached hydrogens (tertiary/aromatic N) is 3. The molecule has 3 N–H and O–H groups in total. The monoisotopic (exact) mass is 273 g/mol. The first-order chi connectivity index (χ1) is 9.39. The molecule has 0 saturated carbocycles. The van der Waals surface area contributed by atoms with Gasteiger partial charge in [-0.3, -0.25) is 4.79 Å². The largest absolute Gasteiger partial charge is 0.399 e. The molecule has 0 bridgehead atoms. The molecule has 1 aromatic carbocycles. The number of rotatable bonds is 1. The van der Waals surface area contributed by atoms with Gasteiger partial charge < -0.3 is 20.5 Å². The van der Waals surface area contributed by atoms with E-state index < -0.39 is 5.54 Å². The maximum absolute atomic E-state index is 12.3. The number of nitrogens with one attached hydrogen (secondary N) is 1. The summed E-state index contributed by atoms with van der Waals surface area (Å²) in [5, 5.41) is 0. The number of benzene rings is 1. The van der Waals surface area contributed by atoms with Crippen LogP contribution < -0.4 is 10.6 Å². The van der Waals surface area contributed by atoms with Crippen LogP contribution in [0, 0.1) is 0 Å². The van der Waals surface area contributed by atoms with Crippen LogP contribution in [0.2, 0.25) is 0 Å². The van der Waals surface area contributed by atoms with Crippen molar-refractivity contribution in [2.75, 3.05) is 30.8 Å². The predicted molar refractivity (Wildman–Crippen MR) is 79.6 cm³/mol. The highest BCUT2D eigenvalue weighted by Gasteiger charge is 2.41. The lowest BCUT2D eigenvalue weighted by atomic mass is 9.98. The van der Waals surface area contributed by atoms with E-state index in [2.05, 4.69) is 9.97 Å². The lowest BCUT2D eigenvalue weighted by molar-refractivity contribution is -0.136. The van der Waals surface area contributed by atoms with Gasteiger partial charge in [0.2, 0.25) is 11.9 Å². The van der Waals surface area contributed by atoms with Gasteiger partial charge in [0, 0.05) is 25.8 Å². The number of aromatic amines is 1. The van der Waals surface area contributed by atoms with Crippen molar-refractivity contribution in [3.05, 3.63) is 18.2 Å². The number of imidazole rings is 1. The Morgan fingerprint density at radius 3 is 2.85 bits per heavy atom. The minimum atomic E-state index is -0.605. The Hall–Kier alpha value is -2.24. The fourth-order valence-electron chi connectivity index (χ4n) is 2.73. The fourth-order valence-corrected chi connectivity index (χ4v) is 2.73. The number of H-pyrrole nitrogens is 1. The van der Waals surface area contributed by atoms with Gasteiger partial charge in [-0.15, -0.1) is 0 Å². The normalized spacial score (nSPS) is 18.9. The molecule has 0 aliphatic carbocycles. The van der Waals surface area contributed by atoms with E-state index >= 15 is 0 Å². The summed E-state index contributed by atoms with van der Waals surface area (Å²) in [5.74, 6) is 0.820. The summed E-state index contributed by atoms with van der Waals surface area (Å²) in [6.07, 6.45) is 0. The highest BCUT2D eigenvalue weighted by Crippen LogP contribution is 2.28. The molecule has 106 valence electrons. The summed E-state index contributed by atoms with van der Waals surface area (Å²) < 4.78 is 0. The fraction of sp³-hybridized carbons (Fsp3) is 0.429. The van der Waals surface area contributed by atoms with Gasteiger partial charge >= 0.3 is 0 Å². The number of likely N-dealkylation sites (N-methyl/N-ethyl adjacent to an activating group) is 1. The van der Waals surface area contributed by atoms with Crippen molar-refractivity contribution in [3.8, 4) is 0 Å². The number of carbonyl (C=O) groups is 1. The molecule has 1 saturated heterocycles. The molecule has 1 aliphatic rings. The van der Waals surface area contributed by atoms with E-state index in [0.717, 1.165) is 23.5 Å². The third-order valence-corrected chi connectivity index (χ3v) is 3.95. The number of carbonyl (C=O) groups excluding carboxylic acids is 1. The van der Waals surface area contributed by atoms with Crippen LogP contribution in [-0.4, -0.2) is 46.5 Å². The quantitative estimate of drug-likeness (QED) is 0.765. The highest BCUT2D eigenvalue weighted by molar-refractivity contribution is 5.90. The molecule has 0 radical (unpaired) electrons. The van der Waals surface area contributed by atoms with Crippen LogP contribution in [0.4, 0.5) is 11.6 Å². The van der Waals surface area contributed by atoms with Gasteiger partial charge in [-0.25, -0.2) is 4.98 Å². The lowest BCUT2D eigenvalue weighted by Gasteiger charge is -2.44. The second kappa shape index (κ2) is 4.13. The van der Waals surface area contributed by atoms with Crippen molar-refractivity contribution < 1.29 is 4.79 Å². The zero-order chi connectivity index (χ0) is 14.5. The van der Waals surface area contributed by atoms with Gasteiger partial charge in [-0.2, -0.15) is 0 Å². The number of piperazine rings is 1. The molecule has 20 heavy (non-hydrogen) atoms. The van der Waals surface area contributed by atoms with Gasteiger partial charge in [-0.1, -0.05) is 0 Å². The first kappa shape index (κ1) is 12.8. The smallest absolute Gasteiger partial charge is 0.247 e. The standard InChI is InChI=1S/C14H19N5O/c1-14(2)12(20)18(3)6-7-19(14)13-16-10-5-4-9(15)8-11(10)17-13/h4-5,8H,6-7,15H2,1-3H3,(H,16,17). The van der Waals surface area contributed by atoms with Crippen LogP contribution in [0.5, 0.6) is 0 Å². The van der Waals surface area contributed by atoms with Crippen molar-refractivity contribution in [1.82, 2.24) is 14.9 Å². The Bertz CT molecular complexity index is 675. The van der Waals surface area contributed by atoms with Crippen LogP contribution in [-0.2, 0) is 4.79 Å². The molecule has 3 rings (SSSR count). The third-order valence-electron chi connectivity index (χ3n) is 3.95. The molecule has 1 fully saturated rings. The maximum Gasteiger partial charge on any atom is 0.247 e. The zero-order valence-electron chi connectivity index (χ0n) is 12.0. The van der Waals surface area contributed by atoms with Gasteiger partial charge in [0.15, 0.2) is 0 Å². The topological polar surface area (TPSA) is 78.2 Å². The molecule has 6 heteroatoms. The van der Waals surface area contributed by atoms with Gasteiger partial charge in [0.25, 0.3) is 0 Å². The second-order valence-electron chi connectivity index (χ2n) is 5.77. The average Bonchev–Trinajstić information content (AvgIpc) is 2.78. The Morgan fingerprint density at radius 1 is 1.35 bits per heavy atom. The molecule has 6 nitrogen and oxygen atoms in total. The number of hydrogen-bond donors (Lipinski definition) is 2. The Kier molecular flexibility index (Phi) is 2.64. The summed E-state index contributed by atoms with van der Waals surface area (Å²) in [5.41, 5.74) is 7.62. The molecule has 0 spiro atoms.